The molecule has 0 spiro atoms. The average Bonchev–Trinajstić information content (AvgIpc) is 2.48. The van der Waals surface area contributed by atoms with Gasteiger partial charge in [-0.1, -0.05) is 36.4 Å². The summed E-state index contributed by atoms with van der Waals surface area (Å²) in [4.78, 5) is 7.97. The van der Waals surface area contributed by atoms with Crippen LogP contribution >= 0.6 is 0 Å². The van der Waals surface area contributed by atoms with Crippen LogP contribution in [0.25, 0.3) is 10.8 Å². The second-order valence-electron chi connectivity index (χ2n) is 3.93. The summed E-state index contributed by atoms with van der Waals surface area (Å²) in [5.41, 5.74) is 0.269. The van der Waals surface area contributed by atoms with E-state index in [9.17, 15) is 0 Å². The monoisotopic (exact) mass is 247 g/mol. The molecule has 19 heavy (non-hydrogen) atoms. The van der Waals surface area contributed by atoms with E-state index in [4.69, 9.17) is 10.00 Å². The summed E-state index contributed by atoms with van der Waals surface area (Å²) < 4.78 is 5.71. The second-order valence-corrected chi connectivity index (χ2v) is 3.93. The maximum atomic E-state index is 8.67. The van der Waals surface area contributed by atoms with E-state index in [0.717, 1.165) is 16.5 Å². The zero-order valence-electron chi connectivity index (χ0n) is 9.95. The Morgan fingerprint density at radius 3 is 2.58 bits per heavy atom. The zero-order valence-corrected chi connectivity index (χ0v) is 9.95. The molecular weight excluding hydrogens is 238 g/mol. The van der Waals surface area contributed by atoms with Crippen molar-refractivity contribution < 1.29 is 4.74 Å². The molecule has 0 saturated carbocycles. The Hall–Kier alpha value is -2.93. The second kappa shape index (κ2) is 4.75. The van der Waals surface area contributed by atoms with Gasteiger partial charge in [0.05, 0.1) is 12.4 Å². The van der Waals surface area contributed by atoms with Crippen molar-refractivity contribution in [3.63, 3.8) is 0 Å². The van der Waals surface area contributed by atoms with Crippen molar-refractivity contribution in [3.8, 4) is 17.7 Å². The molecule has 0 saturated heterocycles. The van der Waals surface area contributed by atoms with Gasteiger partial charge in [0.1, 0.15) is 11.8 Å². The Bertz CT molecular complexity index is 755. The van der Waals surface area contributed by atoms with Gasteiger partial charge in [0, 0.05) is 5.39 Å². The third kappa shape index (κ3) is 2.22. The summed E-state index contributed by atoms with van der Waals surface area (Å²) in [6.45, 7) is 0. The predicted molar refractivity (Wildman–Crippen MR) is 70.8 cm³/mol. The third-order valence-corrected chi connectivity index (χ3v) is 2.71. The molecule has 2 aromatic carbocycles. The summed E-state index contributed by atoms with van der Waals surface area (Å²) in [6, 6.07) is 15.7. The van der Waals surface area contributed by atoms with Crippen molar-refractivity contribution in [2.24, 2.45) is 0 Å². The lowest BCUT2D eigenvalue weighted by Gasteiger charge is -2.07. The van der Waals surface area contributed by atoms with Crippen LogP contribution in [0, 0.1) is 11.3 Å². The molecule has 0 atom stereocenters. The van der Waals surface area contributed by atoms with Crippen LogP contribution in [0.15, 0.2) is 54.9 Å². The molecule has 0 fully saturated rings. The number of rotatable bonds is 2. The molecule has 0 bridgehead atoms. The molecule has 0 aliphatic heterocycles. The highest BCUT2D eigenvalue weighted by atomic mass is 16.5. The molecule has 0 unspecified atom stereocenters. The fraction of sp³-hybridized carbons (Fsp3) is 0. The van der Waals surface area contributed by atoms with Gasteiger partial charge >= 0.3 is 0 Å². The van der Waals surface area contributed by atoms with E-state index >= 15 is 0 Å². The minimum absolute atomic E-state index is 0.269. The Morgan fingerprint density at radius 1 is 0.947 bits per heavy atom. The van der Waals surface area contributed by atoms with Crippen LogP contribution in [0.5, 0.6) is 11.6 Å². The fourth-order valence-electron chi connectivity index (χ4n) is 1.82. The lowest BCUT2D eigenvalue weighted by molar-refractivity contribution is 0.465. The number of hydrogen-bond donors (Lipinski definition) is 0. The number of nitrogens with zero attached hydrogens (tertiary/aromatic N) is 3. The van der Waals surface area contributed by atoms with E-state index in [0.29, 0.717) is 5.88 Å². The molecule has 4 heteroatoms. The van der Waals surface area contributed by atoms with E-state index in [1.54, 1.807) is 0 Å². The van der Waals surface area contributed by atoms with Gasteiger partial charge in [-0.05, 0) is 11.5 Å². The van der Waals surface area contributed by atoms with Gasteiger partial charge in [-0.25, -0.2) is 9.97 Å². The molecule has 0 aliphatic carbocycles. The van der Waals surface area contributed by atoms with Gasteiger partial charge in [-0.15, -0.1) is 0 Å². The van der Waals surface area contributed by atoms with Gasteiger partial charge in [-0.3, -0.25) is 0 Å². The maximum absolute atomic E-state index is 8.67. The first-order valence-electron chi connectivity index (χ1n) is 5.74. The first-order chi connectivity index (χ1) is 9.36. The third-order valence-electron chi connectivity index (χ3n) is 2.71. The van der Waals surface area contributed by atoms with Crippen molar-refractivity contribution in [2.45, 2.75) is 0 Å². The van der Waals surface area contributed by atoms with E-state index in [1.165, 1.54) is 12.4 Å². The summed E-state index contributed by atoms with van der Waals surface area (Å²) in [5.74, 6) is 1.09. The molecule has 1 aromatic heterocycles. The highest BCUT2D eigenvalue weighted by Gasteiger charge is 2.04. The normalized spacial score (nSPS) is 10.1. The van der Waals surface area contributed by atoms with E-state index in [-0.39, 0.29) is 5.69 Å². The lowest BCUT2D eigenvalue weighted by atomic mass is 10.1. The first kappa shape index (κ1) is 11.2. The van der Waals surface area contributed by atoms with Crippen molar-refractivity contribution in [1.82, 2.24) is 9.97 Å². The highest BCUT2D eigenvalue weighted by molar-refractivity contribution is 5.88. The molecule has 1 heterocycles. The number of benzene rings is 2. The molecule has 3 rings (SSSR count). The van der Waals surface area contributed by atoms with Crippen molar-refractivity contribution in [1.29, 1.82) is 5.26 Å². The fourth-order valence-corrected chi connectivity index (χ4v) is 1.82. The van der Waals surface area contributed by atoms with Gasteiger partial charge in [-0.2, -0.15) is 5.26 Å². The van der Waals surface area contributed by atoms with E-state index in [1.807, 2.05) is 48.5 Å². The molecule has 0 N–H and O–H groups in total. The SMILES string of the molecule is N#Cc1cnc(Oc2cccc3ccccc23)cn1. The zero-order chi connectivity index (χ0) is 13.1. The van der Waals surface area contributed by atoms with Crippen molar-refractivity contribution >= 4 is 10.8 Å². The highest BCUT2D eigenvalue weighted by Crippen LogP contribution is 2.28. The minimum Gasteiger partial charge on any atom is -0.437 e. The Labute approximate surface area is 109 Å². The average molecular weight is 247 g/mol. The Morgan fingerprint density at radius 2 is 1.79 bits per heavy atom. The predicted octanol–water partition coefficient (Wildman–Crippen LogP) is 3.29. The Balaban J connectivity index is 1.99. The van der Waals surface area contributed by atoms with Gasteiger partial charge in [0.25, 0.3) is 0 Å². The quantitative estimate of drug-likeness (QED) is 0.697. The number of nitriles is 1. The van der Waals surface area contributed by atoms with Crippen LogP contribution in [0.4, 0.5) is 0 Å². The molecule has 0 aliphatic rings. The van der Waals surface area contributed by atoms with Crippen LogP contribution in [0.3, 0.4) is 0 Å². The van der Waals surface area contributed by atoms with Crippen LogP contribution in [-0.4, -0.2) is 9.97 Å². The summed E-state index contributed by atoms with van der Waals surface area (Å²) in [6.07, 6.45) is 2.83. The summed E-state index contributed by atoms with van der Waals surface area (Å²) in [7, 11) is 0. The summed E-state index contributed by atoms with van der Waals surface area (Å²) in [5, 5.41) is 10.8. The smallest absolute Gasteiger partial charge is 0.237 e. The molecular formula is C15H9N3O. The van der Waals surface area contributed by atoms with E-state index < -0.39 is 0 Å². The molecule has 4 nitrogen and oxygen atoms in total. The van der Waals surface area contributed by atoms with Crippen LogP contribution < -0.4 is 4.74 Å². The molecule has 3 aromatic rings. The number of ether oxygens (including phenoxy) is 1. The van der Waals surface area contributed by atoms with Crippen molar-refractivity contribution in [2.75, 3.05) is 0 Å². The van der Waals surface area contributed by atoms with E-state index in [2.05, 4.69) is 9.97 Å². The maximum Gasteiger partial charge on any atom is 0.237 e. The number of hydrogen-bond acceptors (Lipinski definition) is 4. The van der Waals surface area contributed by atoms with Crippen LogP contribution in [0.1, 0.15) is 5.69 Å². The number of aromatic nitrogens is 2. The molecule has 90 valence electrons. The lowest BCUT2D eigenvalue weighted by Crippen LogP contribution is -1.91. The standard InChI is InChI=1S/C15H9N3O/c16-8-12-9-18-15(10-17-12)19-14-7-3-5-11-4-1-2-6-13(11)14/h1-7,9-10H. The van der Waals surface area contributed by atoms with Crippen LogP contribution in [0.2, 0.25) is 0 Å². The van der Waals surface area contributed by atoms with Crippen molar-refractivity contribution in [3.05, 3.63) is 60.6 Å². The van der Waals surface area contributed by atoms with Gasteiger partial charge < -0.3 is 4.74 Å². The Kier molecular flexibility index (Phi) is 2.79. The number of fused-ring (bicyclic) bond motifs is 1. The molecule has 0 radical (unpaired) electrons. The van der Waals surface area contributed by atoms with Crippen LogP contribution in [-0.2, 0) is 0 Å². The van der Waals surface area contributed by atoms with Gasteiger partial charge in [0.15, 0.2) is 5.69 Å². The topological polar surface area (TPSA) is 58.8 Å². The largest absolute Gasteiger partial charge is 0.437 e. The van der Waals surface area contributed by atoms with Gasteiger partial charge in [0.2, 0.25) is 5.88 Å². The molecule has 0 amide bonds. The summed E-state index contributed by atoms with van der Waals surface area (Å²) >= 11 is 0. The first-order valence-corrected chi connectivity index (χ1v) is 5.74. The minimum atomic E-state index is 0.269.